The van der Waals surface area contributed by atoms with Crippen molar-refractivity contribution in [1.82, 2.24) is 0 Å². The third kappa shape index (κ3) is 4.09. The number of fused-ring (bicyclic) bond motifs is 5. The second-order valence-corrected chi connectivity index (χ2v) is 11.3. The van der Waals surface area contributed by atoms with Gasteiger partial charge in [0.1, 0.15) is 11.2 Å². The van der Waals surface area contributed by atoms with Crippen molar-refractivity contribution in [3.8, 4) is 44.5 Å². The van der Waals surface area contributed by atoms with Gasteiger partial charge in [-0.25, -0.2) is 0 Å². The Kier molecular flexibility index (Phi) is 4.81. The zero-order valence-corrected chi connectivity index (χ0v) is 24.2. The van der Waals surface area contributed by atoms with Crippen molar-refractivity contribution in [1.29, 1.82) is 0 Å². The molecular weight excluding hydrogens is 544 g/mol. The number of rotatable bonds is 4. The molecule has 0 bridgehead atoms. The van der Waals surface area contributed by atoms with Crippen LogP contribution < -0.4 is 0 Å². The van der Waals surface area contributed by atoms with Crippen LogP contribution in [-0.2, 0) is 0 Å². The molecule has 210 valence electrons. The summed E-state index contributed by atoms with van der Waals surface area (Å²) in [6.07, 6.45) is 0. The fourth-order valence-electron chi connectivity index (χ4n) is 6.84. The van der Waals surface area contributed by atoms with Gasteiger partial charge in [-0.3, -0.25) is 0 Å². The lowest BCUT2D eigenvalue weighted by atomic mass is 9.85. The Labute approximate surface area is 268 Å². The maximum Gasteiger partial charge on any atom is 0.143 e. The molecule has 9 aromatic rings. The first-order valence-corrected chi connectivity index (χ1v) is 15.0. The molecule has 1 heterocycles. The fraction of sp³-hybridized carbons (Fsp3) is 0. The zero-order valence-electron chi connectivity index (χ0n) is 29.2. The van der Waals surface area contributed by atoms with Crippen LogP contribution in [0.3, 0.4) is 0 Å². The molecule has 1 aromatic heterocycles. The fourth-order valence-corrected chi connectivity index (χ4v) is 6.84. The van der Waals surface area contributed by atoms with Crippen LogP contribution in [0.5, 0.6) is 0 Å². The molecule has 0 saturated heterocycles. The summed E-state index contributed by atoms with van der Waals surface area (Å²) in [5, 5.41) is 5.45. The van der Waals surface area contributed by atoms with Gasteiger partial charge in [-0.05, 0) is 72.6 Å². The molecule has 0 aliphatic rings. The van der Waals surface area contributed by atoms with Gasteiger partial charge in [0.05, 0.1) is 6.85 Å². The van der Waals surface area contributed by atoms with Crippen LogP contribution >= 0.6 is 0 Å². The quantitative estimate of drug-likeness (QED) is 0.190. The third-order valence-electron chi connectivity index (χ3n) is 8.75. The Bertz CT molecular complexity index is 2730. The van der Waals surface area contributed by atoms with E-state index in [0.29, 0.717) is 5.56 Å². The normalized spacial score (nSPS) is 13.1. The molecule has 0 aliphatic carbocycles. The average Bonchev–Trinajstić information content (AvgIpc) is 3.56. The summed E-state index contributed by atoms with van der Waals surface area (Å²) in [5.74, 6) is 0. The second-order valence-electron chi connectivity index (χ2n) is 11.3. The van der Waals surface area contributed by atoms with E-state index in [-0.39, 0.29) is 29.7 Å². The smallest absolute Gasteiger partial charge is 0.143 e. The van der Waals surface area contributed by atoms with Crippen LogP contribution in [0.25, 0.3) is 88.0 Å². The first-order valence-electron chi connectivity index (χ1n) is 17.5. The van der Waals surface area contributed by atoms with Crippen LogP contribution in [0.1, 0.15) is 6.85 Å². The van der Waals surface area contributed by atoms with Crippen LogP contribution in [0.4, 0.5) is 0 Å². The Morgan fingerprint density at radius 3 is 1.69 bits per heavy atom. The summed E-state index contributed by atoms with van der Waals surface area (Å²) in [4.78, 5) is 0. The van der Waals surface area contributed by atoms with Gasteiger partial charge >= 0.3 is 0 Å². The Hall–Kier alpha value is -5.92. The average molecular weight is 578 g/mol. The van der Waals surface area contributed by atoms with E-state index in [2.05, 4.69) is 72.8 Å². The minimum absolute atomic E-state index is 0.198. The Balaban J connectivity index is 1.35. The standard InChI is InChI=1S/C44H28O/c1-3-14-29(15-4-1)31-18-11-19-32(28-31)33-24-12-26-39-43-38(25-13-27-40(43)45-44(33)39)42-36-22-9-7-20-34(36)41(30-16-5-2-6-17-30)35-21-8-10-23-37(35)42/h1-28H/i2D,5D,6D,16D,17D. The van der Waals surface area contributed by atoms with Crippen molar-refractivity contribution in [2.75, 3.05) is 0 Å². The summed E-state index contributed by atoms with van der Waals surface area (Å²) in [6.45, 7) is 0. The molecule has 1 nitrogen and oxygen atoms in total. The molecule has 0 unspecified atom stereocenters. The summed E-state index contributed by atoms with van der Waals surface area (Å²) >= 11 is 0. The first-order chi connectivity index (χ1) is 24.4. The van der Waals surface area contributed by atoms with Crippen molar-refractivity contribution in [3.05, 3.63) is 170 Å². The van der Waals surface area contributed by atoms with E-state index in [1.807, 2.05) is 66.7 Å². The molecule has 0 radical (unpaired) electrons. The monoisotopic (exact) mass is 577 g/mol. The number of hydrogen-bond acceptors (Lipinski definition) is 1. The van der Waals surface area contributed by atoms with E-state index >= 15 is 0 Å². The van der Waals surface area contributed by atoms with Crippen molar-refractivity contribution < 1.29 is 11.3 Å². The maximum atomic E-state index is 8.89. The molecule has 0 saturated carbocycles. The van der Waals surface area contributed by atoms with Crippen molar-refractivity contribution in [3.63, 3.8) is 0 Å². The van der Waals surface area contributed by atoms with Gasteiger partial charge in [0.25, 0.3) is 0 Å². The summed E-state index contributed by atoms with van der Waals surface area (Å²) < 4.78 is 49.6. The lowest BCUT2D eigenvalue weighted by molar-refractivity contribution is 0.670. The minimum atomic E-state index is -0.404. The lowest BCUT2D eigenvalue weighted by Gasteiger charge is -2.18. The van der Waals surface area contributed by atoms with Crippen LogP contribution in [-0.4, -0.2) is 0 Å². The third-order valence-corrected chi connectivity index (χ3v) is 8.75. The molecule has 0 aliphatic heterocycles. The molecule has 0 spiro atoms. The van der Waals surface area contributed by atoms with E-state index < -0.39 is 6.04 Å². The van der Waals surface area contributed by atoms with E-state index in [1.165, 1.54) is 0 Å². The topological polar surface area (TPSA) is 13.1 Å². The molecular formula is C44H28O. The predicted molar refractivity (Wildman–Crippen MR) is 190 cm³/mol. The van der Waals surface area contributed by atoms with Crippen LogP contribution in [0.2, 0.25) is 0 Å². The molecule has 9 rings (SSSR count). The molecule has 0 amide bonds. The van der Waals surface area contributed by atoms with Crippen molar-refractivity contribution in [2.45, 2.75) is 0 Å². The largest absolute Gasteiger partial charge is 0.455 e. The Morgan fingerprint density at radius 2 is 0.956 bits per heavy atom. The minimum Gasteiger partial charge on any atom is -0.455 e. The summed E-state index contributed by atoms with van der Waals surface area (Å²) in [6, 6.07) is 45.7. The Morgan fingerprint density at radius 1 is 0.400 bits per heavy atom. The zero-order chi connectivity index (χ0) is 34.1. The van der Waals surface area contributed by atoms with Gasteiger partial charge in [-0.1, -0.05) is 158 Å². The molecule has 8 aromatic carbocycles. The summed E-state index contributed by atoms with van der Waals surface area (Å²) in [5.41, 5.74) is 8.76. The SMILES string of the molecule is [2H]c1c([2H])c([2H])c(-c2c3ccccc3c(-c3cccc4oc5c(-c6cccc(-c7ccccc7)c6)cccc5c34)c3ccccc23)c([2H])c1[2H]. The highest BCUT2D eigenvalue weighted by molar-refractivity contribution is 6.26. The van der Waals surface area contributed by atoms with Gasteiger partial charge in [-0.15, -0.1) is 0 Å². The van der Waals surface area contributed by atoms with Crippen molar-refractivity contribution in [2.24, 2.45) is 0 Å². The molecule has 0 fully saturated rings. The number of furan rings is 1. The second kappa shape index (κ2) is 10.4. The first kappa shape index (κ1) is 20.9. The van der Waals surface area contributed by atoms with Gasteiger partial charge < -0.3 is 4.42 Å². The molecule has 45 heavy (non-hydrogen) atoms. The number of hydrogen-bond donors (Lipinski definition) is 0. The predicted octanol–water partition coefficient (Wildman–Crippen LogP) is 12.6. The number of benzene rings is 8. The highest BCUT2D eigenvalue weighted by atomic mass is 16.3. The van der Waals surface area contributed by atoms with Gasteiger partial charge in [-0.2, -0.15) is 0 Å². The van der Waals surface area contributed by atoms with E-state index in [0.717, 1.165) is 76.9 Å². The summed E-state index contributed by atoms with van der Waals surface area (Å²) in [7, 11) is 0. The molecule has 0 N–H and O–H groups in total. The van der Waals surface area contributed by atoms with E-state index in [1.54, 1.807) is 0 Å². The van der Waals surface area contributed by atoms with Crippen LogP contribution in [0, 0.1) is 0 Å². The van der Waals surface area contributed by atoms with E-state index in [4.69, 9.17) is 11.3 Å². The molecule has 1 heteroatoms. The highest BCUT2D eigenvalue weighted by Crippen LogP contribution is 2.47. The highest BCUT2D eigenvalue weighted by Gasteiger charge is 2.21. The van der Waals surface area contributed by atoms with Gasteiger partial charge in [0.15, 0.2) is 0 Å². The van der Waals surface area contributed by atoms with Crippen molar-refractivity contribution >= 4 is 43.5 Å². The van der Waals surface area contributed by atoms with E-state index in [9.17, 15) is 0 Å². The van der Waals surface area contributed by atoms with Gasteiger partial charge in [0.2, 0.25) is 0 Å². The number of para-hydroxylation sites is 1. The van der Waals surface area contributed by atoms with Gasteiger partial charge in [0, 0.05) is 16.3 Å². The van der Waals surface area contributed by atoms with Crippen LogP contribution in [0.15, 0.2) is 174 Å². The lowest BCUT2D eigenvalue weighted by Crippen LogP contribution is -1.91. The molecule has 0 atom stereocenters. The maximum absolute atomic E-state index is 8.89.